The minimum atomic E-state index is -0.296. The van der Waals surface area contributed by atoms with Crippen molar-refractivity contribution in [1.29, 1.82) is 0 Å². The molecule has 0 bridgehead atoms. The van der Waals surface area contributed by atoms with Gasteiger partial charge in [0.1, 0.15) is 0 Å². The molecule has 2 heterocycles. The van der Waals surface area contributed by atoms with E-state index in [-0.39, 0.29) is 23.0 Å². The Balaban J connectivity index is 1.28. The summed E-state index contributed by atoms with van der Waals surface area (Å²) in [5.41, 5.74) is 4.22. The van der Waals surface area contributed by atoms with Crippen LogP contribution in [0.15, 0.2) is 94.9 Å². The van der Waals surface area contributed by atoms with E-state index >= 15 is 0 Å². The number of carbonyl (C=O) groups is 2. The number of hydrogen-bond acceptors (Lipinski definition) is 4. The summed E-state index contributed by atoms with van der Waals surface area (Å²) in [6.07, 6.45) is 1.46. The molecular weight excluding hydrogens is 436 g/mol. The lowest BCUT2D eigenvalue weighted by molar-refractivity contribution is 0.0990. The van der Waals surface area contributed by atoms with Gasteiger partial charge in [0.05, 0.1) is 11.3 Å². The summed E-state index contributed by atoms with van der Waals surface area (Å²) in [7, 11) is 1.93. The Hall–Kier alpha value is -4.77. The number of allylic oxidation sites excluding steroid dienone is 1. The highest BCUT2D eigenvalue weighted by atomic mass is 16.3. The summed E-state index contributed by atoms with van der Waals surface area (Å²) in [4.78, 5) is 30.7. The molecule has 0 N–H and O–H groups in total. The van der Waals surface area contributed by atoms with Crippen molar-refractivity contribution in [2.45, 2.75) is 0 Å². The van der Waals surface area contributed by atoms with Crippen molar-refractivity contribution in [2.75, 3.05) is 0 Å². The van der Waals surface area contributed by atoms with E-state index in [1.54, 1.807) is 12.1 Å². The van der Waals surface area contributed by atoms with Crippen LogP contribution in [0.5, 0.6) is 0 Å². The molecule has 4 aromatic carbocycles. The van der Waals surface area contributed by atoms with Gasteiger partial charge in [-0.1, -0.05) is 60.7 Å². The Bertz CT molecular complexity index is 1850. The molecule has 2 aromatic heterocycles. The lowest BCUT2D eigenvalue weighted by atomic mass is 10.0. The van der Waals surface area contributed by atoms with Crippen molar-refractivity contribution in [3.8, 4) is 11.3 Å². The standard InChI is InChI=1S/C30H18N2O3/c1-32-25(21-11-10-17-6-2-3-7-18(17)12-21)16-26-30(32)31-27(35-26)15-24-28(33)22-13-19-8-4-5-9-20(19)14-23(22)29(24)34/h2-16H,1H3. The highest BCUT2D eigenvalue weighted by Gasteiger charge is 2.34. The summed E-state index contributed by atoms with van der Waals surface area (Å²) in [5, 5.41) is 4.20. The maximum absolute atomic E-state index is 13.1. The third kappa shape index (κ3) is 2.91. The van der Waals surface area contributed by atoms with Crippen LogP contribution in [0.1, 0.15) is 26.6 Å². The highest BCUT2D eigenvalue weighted by Crippen LogP contribution is 2.33. The fourth-order valence-electron chi connectivity index (χ4n) is 4.96. The molecule has 5 nitrogen and oxygen atoms in total. The van der Waals surface area contributed by atoms with Crippen LogP contribution >= 0.6 is 0 Å². The van der Waals surface area contributed by atoms with Gasteiger partial charge in [-0.05, 0) is 45.3 Å². The molecule has 0 atom stereocenters. The number of nitrogens with zero attached hydrogens (tertiary/aromatic N) is 2. The number of benzene rings is 4. The minimum Gasteiger partial charge on any atom is -0.435 e. The smallest absolute Gasteiger partial charge is 0.222 e. The Labute approximate surface area is 199 Å². The maximum Gasteiger partial charge on any atom is 0.222 e. The zero-order valence-electron chi connectivity index (χ0n) is 18.8. The molecule has 7 rings (SSSR count). The number of hydrogen-bond donors (Lipinski definition) is 0. The first-order chi connectivity index (χ1) is 17.1. The zero-order chi connectivity index (χ0) is 23.7. The predicted molar refractivity (Wildman–Crippen MR) is 137 cm³/mol. The van der Waals surface area contributed by atoms with Crippen LogP contribution in [0.4, 0.5) is 0 Å². The normalized spacial score (nSPS) is 13.3. The second-order valence-electron chi connectivity index (χ2n) is 8.85. The number of aromatic nitrogens is 2. The third-order valence-corrected chi connectivity index (χ3v) is 6.78. The van der Waals surface area contributed by atoms with Gasteiger partial charge >= 0.3 is 0 Å². The van der Waals surface area contributed by atoms with Crippen molar-refractivity contribution in [3.05, 3.63) is 108 Å². The van der Waals surface area contributed by atoms with Crippen LogP contribution in [0.2, 0.25) is 0 Å². The van der Waals surface area contributed by atoms with E-state index in [1.807, 2.05) is 54.1 Å². The topological polar surface area (TPSA) is 65.1 Å². The summed E-state index contributed by atoms with van der Waals surface area (Å²) in [6, 6.07) is 27.8. The second-order valence-corrected chi connectivity index (χ2v) is 8.85. The average Bonchev–Trinajstić information content (AvgIpc) is 3.50. The highest BCUT2D eigenvalue weighted by molar-refractivity contribution is 6.42. The van der Waals surface area contributed by atoms with Crippen molar-refractivity contribution in [1.82, 2.24) is 9.55 Å². The predicted octanol–water partition coefficient (Wildman–Crippen LogP) is 6.60. The molecule has 0 saturated carbocycles. The molecule has 6 aromatic rings. The molecule has 35 heavy (non-hydrogen) atoms. The molecule has 0 amide bonds. The van der Waals surface area contributed by atoms with E-state index in [1.165, 1.54) is 11.5 Å². The second kappa shape index (κ2) is 7.11. The number of rotatable bonds is 2. The van der Waals surface area contributed by atoms with Gasteiger partial charge in [-0.15, -0.1) is 0 Å². The fourth-order valence-corrected chi connectivity index (χ4v) is 4.96. The summed E-state index contributed by atoms with van der Waals surface area (Å²) < 4.78 is 7.92. The van der Waals surface area contributed by atoms with E-state index < -0.39 is 0 Å². The zero-order valence-corrected chi connectivity index (χ0v) is 18.8. The molecule has 1 aliphatic rings. The molecule has 0 unspecified atom stereocenters. The number of ketones is 2. The van der Waals surface area contributed by atoms with Crippen LogP contribution in [-0.2, 0) is 7.05 Å². The number of fused-ring (bicyclic) bond motifs is 4. The first kappa shape index (κ1) is 19.7. The van der Waals surface area contributed by atoms with E-state index in [0.717, 1.165) is 27.4 Å². The van der Waals surface area contributed by atoms with Gasteiger partial charge in [0.15, 0.2) is 22.8 Å². The molecule has 0 aliphatic heterocycles. The van der Waals surface area contributed by atoms with E-state index in [4.69, 9.17) is 4.42 Å². The van der Waals surface area contributed by atoms with E-state index in [0.29, 0.717) is 22.4 Å². The van der Waals surface area contributed by atoms with Gasteiger partial charge in [-0.25, -0.2) is 0 Å². The van der Waals surface area contributed by atoms with Crippen molar-refractivity contribution in [2.24, 2.45) is 7.05 Å². The molecule has 0 fully saturated rings. The molecule has 1 aliphatic carbocycles. The van der Waals surface area contributed by atoms with Gasteiger partial charge in [-0.2, -0.15) is 4.98 Å². The van der Waals surface area contributed by atoms with E-state index in [2.05, 4.69) is 35.3 Å². The quantitative estimate of drug-likeness (QED) is 0.218. The van der Waals surface area contributed by atoms with Gasteiger partial charge < -0.3 is 8.98 Å². The van der Waals surface area contributed by atoms with Crippen LogP contribution < -0.4 is 0 Å². The lowest BCUT2D eigenvalue weighted by Gasteiger charge is -2.05. The van der Waals surface area contributed by atoms with E-state index in [9.17, 15) is 9.59 Å². The largest absolute Gasteiger partial charge is 0.435 e. The monoisotopic (exact) mass is 454 g/mol. The average molecular weight is 454 g/mol. The summed E-state index contributed by atoms with van der Waals surface area (Å²) >= 11 is 0. The SMILES string of the molecule is Cn1c(-c2ccc3ccccc3c2)cc2oc(C=C3C(=O)c4cc5ccccc5cc4C3=O)nc21. The first-order valence-corrected chi connectivity index (χ1v) is 11.4. The van der Waals surface area contributed by atoms with Crippen molar-refractivity contribution in [3.63, 3.8) is 0 Å². The molecule has 0 saturated heterocycles. The minimum absolute atomic E-state index is 0.0802. The van der Waals surface area contributed by atoms with Gasteiger partial charge in [0, 0.05) is 30.3 Å². The Kier molecular flexibility index (Phi) is 4.00. The van der Waals surface area contributed by atoms with Crippen molar-refractivity contribution >= 4 is 50.4 Å². The maximum atomic E-state index is 13.1. The Morgan fingerprint density at radius 2 is 1.34 bits per heavy atom. The third-order valence-electron chi connectivity index (χ3n) is 6.78. The molecular formula is C30H18N2O3. The summed E-state index contributed by atoms with van der Waals surface area (Å²) in [5.74, 6) is -0.352. The number of Topliss-reactive ketones (excluding diaryl/α,β-unsaturated/α-hetero) is 2. The van der Waals surface area contributed by atoms with Gasteiger partial charge in [0.25, 0.3) is 0 Å². The van der Waals surface area contributed by atoms with Crippen LogP contribution in [0.25, 0.3) is 50.1 Å². The van der Waals surface area contributed by atoms with Crippen LogP contribution in [0.3, 0.4) is 0 Å². The van der Waals surface area contributed by atoms with Crippen LogP contribution in [-0.4, -0.2) is 21.1 Å². The number of aryl methyl sites for hydroxylation is 1. The molecule has 0 radical (unpaired) electrons. The van der Waals surface area contributed by atoms with Crippen molar-refractivity contribution < 1.29 is 14.0 Å². The molecule has 166 valence electrons. The number of carbonyl (C=O) groups excluding carboxylic acids is 2. The molecule has 5 heteroatoms. The fraction of sp³-hybridized carbons (Fsp3) is 0.0333. The first-order valence-electron chi connectivity index (χ1n) is 11.4. The Morgan fingerprint density at radius 3 is 1.97 bits per heavy atom. The lowest BCUT2D eigenvalue weighted by Crippen LogP contribution is -2.00. The number of oxazole rings is 1. The molecule has 0 spiro atoms. The summed E-state index contributed by atoms with van der Waals surface area (Å²) in [6.45, 7) is 0. The van der Waals surface area contributed by atoms with Crippen LogP contribution in [0, 0.1) is 0 Å². The van der Waals surface area contributed by atoms with Gasteiger partial charge in [0.2, 0.25) is 5.89 Å². The van der Waals surface area contributed by atoms with Gasteiger partial charge in [-0.3, -0.25) is 9.59 Å². The Morgan fingerprint density at radius 1 is 0.743 bits per heavy atom.